The summed E-state index contributed by atoms with van der Waals surface area (Å²) in [6.45, 7) is 6.53. The molecule has 0 bridgehead atoms. The zero-order valence-corrected chi connectivity index (χ0v) is 22.9. The standard InChI is InChI=1S/C31H37NO6/c1-6-8-15-38-25-12-10-9-11-22(25)29-28(31(34)37-7-2)19(3)32-23-16-21(17-24(33)30(23)29)20-13-14-26(35-4)27(18-20)36-5/h9-14,18,21,29-30H,6-8,15-17H2,1-5H3/t21-,29+,30?/m1/s1. The predicted octanol–water partition coefficient (Wildman–Crippen LogP) is 6.02. The maximum absolute atomic E-state index is 13.9. The summed E-state index contributed by atoms with van der Waals surface area (Å²) in [6, 6.07) is 13.5. The van der Waals surface area contributed by atoms with Gasteiger partial charge in [0.15, 0.2) is 11.5 Å². The van der Waals surface area contributed by atoms with Gasteiger partial charge in [-0.15, -0.1) is 0 Å². The average molecular weight is 520 g/mol. The summed E-state index contributed by atoms with van der Waals surface area (Å²) in [6.07, 6.45) is 2.87. The Morgan fingerprint density at radius 3 is 2.45 bits per heavy atom. The third-order valence-electron chi connectivity index (χ3n) is 7.34. The van der Waals surface area contributed by atoms with Gasteiger partial charge in [0, 0.05) is 29.3 Å². The number of ketones is 1. The number of hydrogen-bond acceptors (Lipinski definition) is 7. The molecule has 0 N–H and O–H groups in total. The number of carbonyl (C=O) groups excluding carboxylic acids is 2. The molecule has 2 aromatic rings. The second-order valence-corrected chi connectivity index (χ2v) is 9.70. The number of Topliss-reactive ketones (excluding diaryl/α,β-unsaturated/α-hetero) is 1. The van der Waals surface area contributed by atoms with Crippen LogP contribution in [-0.4, -0.2) is 44.9 Å². The Hall–Kier alpha value is -3.61. The molecule has 2 aromatic carbocycles. The first-order valence-corrected chi connectivity index (χ1v) is 13.3. The van der Waals surface area contributed by atoms with Crippen LogP contribution in [0.5, 0.6) is 17.2 Å². The zero-order valence-electron chi connectivity index (χ0n) is 22.9. The van der Waals surface area contributed by atoms with Crippen molar-refractivity contribution in [3.05, 3.63) is 64.9 Å². The van der Waals surface area contributed by atoms with Crippen molar-refractivity contribution in [3.63, 3.8) is 0 Å². The molecule has 2 aliphatic rings. The zero-order chi connectivity index (χ0) is 27.2. The number of ether oxygens (including phenoxy) is 4. The number of nitrogens with zero attached hydrogens (tertiary/aromatic N) is 1. The summed E-state index contributed by atoms with van der Waals surface area (Å²) in [4.78, 5) is 32.0. The molecule has 1 aliphatic heterocycles. The minimum Gasteiger partial charge on any atom is -0.493 e. The van der Waals surface area contributed by atoms with Gasteiger partial charge in [0.25, 0.3) is 0 Å². The van der Waals surface area contributed by atoms with Crippen molar-refractivity contribution in [3.8, 4) is 17.2 Å². The summed E-state index contributed by atoms with van der Waals surface area (Å²) >= 11 is 0. The molecule has 38 heavy (non-hydrogen) atoms. The molecule has 0 amide bonds. The molecule has 0 aromatic heterocycles. The second kappa shape index (κ2) is 12.3. The van der Waals surface area contributed by atoms with E-state index in [-0.39, 0.29) is 18.3 Å². The van der Waals surface area contributed by atoms with Crippen molar-refractivity contribution in [1.82, 2.24) is 0 Å². The minimum atomic E-state index is -0.551. The highest BCUT2D eigenvalue weighted by Crippen LogP contribution is 2.48. The van der Waals surface area contributed by atoms with Crippen LogP contribution in [0.2, 0.25) is 0 Å². The molecule has 4 rings (SSSR count). The number of esters is 1. The number of benzene rings is 2. The van der Waals surface area contributed by atoms with E-state index < -0.39 is 17.8 Å². The van der Waals surface area contributed by atoms with Gasteiger partial charge in [-0.1, -0.05) is 37.6 Å². The molecule has 1 saturated carbocycles. The van der Waals surface area contributed by atoms with Gasteiger partial charge in [-0.25, -0.2) is 4.79 Å². The van der Waals surface area contributed by atoms with Crippen LogP contribution in [0.25, 0.3) is 0 Å². The number of allylic oxidation sites excluding steroid dienone is 1. The summed E-state index contributed by atoms with van der Waals surface area (Å²) < 4.78 is 22.5. The number of aliphatic imine (C=N–C) groups is 1. The quantitative estimate of drug-likeness (QED) is 0.282. The molecule has 1 unspecified atom stereocenters. The van der Waals surface area contributed by atoms with Crippen molar-refractivity contribution in [2.45, 2.75) is 58.3 Å². The van der Waals surface area contributed by atoms with Crippen LogP contribution < -0.4 is 14.2 Å². The Kier molecular flexibility index (Phi) is 8.87. The monoisotopic (exact) mass is 519 g/mol. The lowest BCUT2D eigenvalue weighted by Gasteiger charge is -2.38. The van der Waals surface area contributed by atoms with Gasteiger partial charge in [0.05, 0.1) is 38.9 Å². The van der Waals surface area contributed by atoms with Crippen LogP contribution >= 0.6 is 0 Å². The number of hydrogen-bond donors (Lipinski definition) is 0. The molecule has 7 heteroatoms. The number of fused-ring (bicyclic) bond motifs is 1. The largest absolute Gasteiger partial charge is 0.493 e. The molecule has 1 fully saturated rings. The molecular formula is C31H37NO6. The van der Waals surface area contributed by atoms with Gasteiger partial charge >= 0.3 is 5.97 Å². The molecule has 0 radical (unpaired) electrons. The third-order valence-corrected chi connectivity index (χ3v) is 7.34. The second-order valence-electron chi connectivity index (χ2n) is 9.70. The summed E-state index contributed by atoms with van der Waals surface area (Å²) in [5, 5.41) is 0. The summed E-state index contributed by atoms with van der Waals surface area (Å²) in [7, 11) is 3.20. The fourth-order valence-corrected chi connectivity index (χ4v) is 5.52. The lowest BCUT2D eigenvalue weighted by molar-refractivity contribution is -0.139. The van der Waals surface area contributed by atoms with Gasteiger partial charge in [0.2, 0.25) is 0 Å². The first-order chi connectivity index (χ1) is 18.4. The van der Waals surface area contributed by atoms with E-state index in [1.807, 2.05) is 49.4 Å². The van der Waals surface area contributed by atoms with E-state index in [9.17, 15) is 9.59 Å². The molecule has 0 spiro atoms. The lowest BCUT2D eigenvalue weighted by atomic mass is 9.66. The van der Waals surface area contributed by atoms with Crippen LogP contribution in [0.3, 0.4) is 0 Å². The van der Waals surface area contributed by atoms with Crippen molar-refractivity contribution >= 4 is 17.5 Å². The number of para-hydroxylation sites is 1. The van der Waals surface area contributed by atoms with Gasteiger partial charge in [-0.3, -0.25) is 9.79 Å². The third kappa shape index (κ3) is 5.47. The lowest BCUT2D eigenvalue weighted by Crippen LogP contribution is -2.41. The van der Waals surface area contributed by atoms with E-state index in [2.05, 4.69) is 6.92 Å². The van der Waals surface area contributed by atoms with Crippen molar-refractivity contribution in [2.75, 3.05) is 27.4 Å². The fraction of sp³-hybridized carbons (Fsp3) is 0.452. The first kappa shape index (κ1) is 27.4. The van der Waals surface area contributed by atoms with E-state index in [4.69, 9.17) is 23.9 Å². The normalized spacial score (nSPS) is 20.9. The molecule has 0 saturated heterocycles. The number of rotatable bonds is 10. The van der Waals surface area contributed by atoms with E-state index >= 15 is 0 Å². The van der Waals surface area contributed by atoms with Crippen LogP contribution in [0.1, 0.15) is 69.4 Å². The van der Waals surface area contributed by atoms with Crippen molar-refractivity contribution < 1.29 is 28.5 Å². The van der Waals surface area contributed by atoms with E-state index in [1.165, 1.54) is 0 Å². The maximum Gasteiger partial charge on any atom is 0.336 e. The molecular weight excluding hydrogens is 482 g/mol. The highest BCUT2D eigenvalue weighted by molar-refractivity contribution is 6.12. The maximum atomic E-state index is 13.9. The van der Waals surface area contributed by atoms with Gasteiger partial charge in [-0.05, 0) is 56.4 Å². The fourth-order valence-electron chi connectivity index (χ4n) is 5.52. The van der Waals surface area contributed by atoms with E-state index in [0.29, 0.717) is 48.0 Å². The summed E-state index contributed by atoms with van der Waals surface area (Å²) in [5.41, 5.74) is 3.63. The average Bonchev–Trinajstić information content (AvgIpc) is 2.92. The highest BCUT2D eigenvalue weighted by atomic mass is 16.5. The van der Waals surface area contributed by atoms with Crippen molar-refractivity contribution in [2.24, 2.45) is 10.9 Å². The molecule has 3 atom stereocenters. The Morgan fingerprint density at radius 1 is 0.974 bits per heavy atom. The Labute approximate surface area is 224 Å². The van der Waals surface area contributed by atoms with Crippen LogP contribution in [0, 0.1) is 5.92 Å². The van der Waals surface area contributed by atoms with E-state index in [1.54, 1.807) is 21.1 Å². The minimum absolute atomic E-state index is 0.0500. The molecule has 1 heterocycles. The van der Waals surface area contributed by atoms with Crippen molar-refractivity contribution in [1.29, 1.82) is 0 Å². The number of carbonyl (C=O) groups is 2. The van der Waals surface area contributed by atoms with Crippen LogP contribution in [-0.2, 0) is 14.3 Å². The molecule has 202 valence electrons. The predicted molar refractivity (Wildman–Crippen MR) is 146 cm³/mol. The van der Waals surface area contributed by atoms with E-state index in [0.717, 1.165) is 29.7 Å². The highest BCUT2D eigenvalue weighted by Gasteiger charge is 2.47. The first-order valence-electron chi connectivity index (χ1n) is 13.3. The Bertz CT molecular complexity index is 1250. The number of methoxy groups -OCH3 is 2. The smallest absolute Gasteiger partial charge is 0.336 e. The van der Waals surface area contributed by atoms with Gasteiger partial charge in [0.1, 0.15) is 11.5 Å². The van der Waals surface area contributed by atoms with Crippen LogP contribution in [0.4, 0.5) is 0 Å². The van der Waals surface area contributed by atoms with Gasteiger partial charge in [-0.2, -0.15) is 0 Å². The van der Waals surface area contributed by atoms with Crippen LogP contribution in [0.15, 0.2) is 58.7 Å². The SMILES string of the molecule is CCCCOc1ccccc1[C@H]1C(C(=O)OCC)=C(C)N=C2C[C@@H](c3ccc(OC)c(OC)c3)CC(=O)C21. The Morgan fingerprint density at radius 2 is 1.74 bits per heavy atom. The Balaban J connectivity index is 1.77. The summed E-state index contributed by atoms with van der Waals surface area (Å²) in [5.74, 6) is 0.463. The van der Waals surface area contributed by atoms with Gasteiger partial charge < -0.3 is 18.9 Å². The molecule has 7 nitrogen and oxygen atoms in total. The molecule has 1 aliphatic carbocycles. The number of unbranched alkanes of at least 4 members (excludes halogenated alkanes) is 1. The topological polar surface area (TPSA) is 83.4 Å².